The van der Waals surface area contributed by atoms with Gasteiger partial charge in [0.1, 0.15) is 10.7 Å². The van der Waals surface area contributed by atoms with E-state index in [1.807, 2.05) is 18.2 Å². The summed E-state index contributed by atoms with van der Waals surface area (Å²) in [6, 6.07) is 7.41. The molecule has 0 bridgehead atoms. The first-order valence-electron chi connectivity index (χ1n) is 5.96. The number of Topliss-reactive ketones (excluding diaryl/α,β-unsaturated/α-hetero) is 1. The van der Waals surface area contributed by atoms with Crippen molar-refractivity contribution in [3.05, 3.63) is 29.6 Å². The molecular weight excluding hydrogens is 282 g/mol. The van der Waals surface area contributed by atoms with E-state index in [0.29, 0.717) is 17.7 Å². The molecule has 6 heteroatoms. The van der Waals surface area contributed by atoms with E-state index in [9.17, 15) is 13.2 Å². The second-order valence-electron chi connectivity index (χ2n) is 4.30. The molecule has 0 spiro atoms. The van der Waals surface area contributed by atoms with Gasteiger partial charge in [0.05, 0.1) is 0 Å². The first-order valence-corrected chi connectivity index (χ1v) is 8.32. The molecule has 0 saturated carbocycles. The van der Waals surface area contributed by atoms with Crippen molar-refractivity contribution in [1.29, 1.82) is 0 Å². The number of benzene rings is 1. The van der Waals surface area contributed by atoms with Crippen LogP contribution in [0, 0.1) is 0 Å². The number of sulfonamides is 1. The van der Waals surface area contributed by atoms with E-state index in [4.69, 9.17) is 0 Å². The van der Waals surface area contributed by atoms with E-state index in [1.54, 1.807) is 11.4 Å². The van der Waals surface area contributed by atoms with Crippen molar-refractivity contribution >= 4 is 37.2 Å². The van der Waals surface area contributed by atoms with Gasteiger partial charge in [0.2, 0.25) is 10.0 Å². The Bertz CT molecular complexity index is 689. The van der Waals surface area contributed by atoms with Crippen molar-refractivity contribution in [3.8, 4) is 0 Å². The van der Waals surface area contributed by atoms with Gasteiger partial charge in [0.25, 0.3) is 0 Å². The molecule has 1 aromatic carbocycles. The molecule has 0 fully saturated rings. The highest BCUT2D eigenvalue weighted by molar-refractivity contribution is 7.90. The van der Waals surface area contributed by atoms with Gasteiger partial charge in [-0.3, -0.25) is 0 Å². The predicted molar refractivity (Wildman–Crippen MR) is 76.9 cm³/mol. The summed E-state index contributed by atoms with van der Waals surface area (Å²) in [5.74, 6) is 0.0696. The number of nitrogens with one attached hydrogen (secondary N) is 1. The van der Waals surface area contributed by atoms with Gasteiger partial charge in [-0.25, -0.2) is 13.1 Å². The van der Waals surface area contributed by atoms with Crippen molar-refractivity contribution in [2.75, 3.05) is 6.54 Å². The number of ketones is 1. The molecule has 2 rings (SSSR count). The topological polar surface area (TPSA) is 63.2 Å². The minimum Gasteiger partial charge on any atom is -0.300 e. The third-order valence-corrected chi connectivity index (χ3v) is 5.35. The number of carbonyl (C=O) groups excluding carboxylic acids is 1. The lowest BCUT2D eigenvalue weighted by molar-refractivity contribution is -0.117. The molecule has 0 aliphatic heterocycles. The quantitative estimate of drug-likeness (QED) is 0.833. The Morgan fingerprint density at radius 3 is 2.79 bits per heavy atom. The zero-order valence-corrected chi connectivity index (χ0v) is 12.2. The number of hydrogen-bond acceptors (Lipinski definition) is 4. The van der Waals surface area contributed by atoms with Crippen LogP contribution < -0.4 is 4.72 Å². The molecule has 102 valence electrons. The third-order valence-electron chi connectivity index (χ3n) is 2.73. The standard InChI is InChI=1S/C13H15NO3S2/c1-10(15)5-4-8-14-19(16,17)13-9-18-12-7-3-2-6-11(12)13/h2-3,6-7,9,14H,4-5,8H2,1H3. The fraction of sp³-hybridized carbons (Fsp3) is 0.308. The maximum absolute atomic E-state index is 12.2. The highest BCUT2D eigenvalue weighted by Crippen LogP contribution is 2.28. The summed E-state index contributed by atoms with van der Waals surface area (Å²) < 4.78 is 27.8. The van der Waals surface area contributed by atoms with Crippen LogP contribution in [-0.4, -0.2) is 20.7 Å². The molecule has 0 aliphatic rings. The van der Waals surface area contributed by atoms with E-state index >= 15 is 0 Å². The van der Waals surface area contributed by atoms with E-state index in [-0.39, 0.29) is 12.3 Å². The lowest BCUT2D eigenvalue weighted by Crippen LogP contribution is -2.24. The van der Waals surface area contributed by atoms with E-state index in [1.165, 1.54) is 18.3 Å². The van der Waals surface area contributed by atoms with Crippen molar-refractivity contribution < 1.29 is 13.2 Å². The highest BCUT2D eigenvalue weighted by Gasteiger charge is 2.18. The fourth-order valence-electron chi connectivity index (χ4n) is 1.78. The summed E-state index contributed by atoms with van der Waals surface area (Å²) in [4.78, 5) is 11.1. The lowest BCUT2D eigenvalue weighted by atomic mass is 10.2. The summed E-state index contributed by atoms with van der Waals surface area (Å²) in [6.07, 6.45) is 0.920. The maximum Gasteiger partial charge on any atom is 0.242 e. The Labute approximate surface area is 116 Å². The molecule has 0 unspecified atom stereocenters. The molecule has 0 saturated heterocycles. The number of rotatable bonds is 6. The summed E-state index contributed by atoms with van der Waals surface area (Å²) in [6.45, 7) is 1.78. The molecule has 1 aromatic heterocycles. The predicted octanol–water partition coefficient (Wildman–Crippen LogP) is 2.55. The SMILES string of the molecule is CC(=O)CCCNS(=O)(=O)c1csc2ccccc12. The molecule has 1 heterocycles. The number of carbonyl (C=O) groups is 1. The molecule has 19 heavy (non-hydrogen) atoms. The van der Waals surface area contributed by atoms with Gasteiger partial charge in [-0.2, -0.15) is 0 Å². The summed E-state index contributed by atoms with van der Waals surface area (Å²) >= 11 is 1.41. The van der Waals surface area contributed by atoms with Gasteiger partial charge in [-0.15, -0.1) is 11.3 Å². The normalized spacial score (nSPS) is 11.8. The van der Waals surface area contributed by atoms with Gasteiger partial charge in [-0.05, 0) is 19.4 Å². The van der Waals surface area contributed by atoms with E-state index in [2.05, 4.69) is 4.72 Å². The first kappa shape index (κ1) is 14.2. The largest absolute Gasteiger partial charge is 0.300 e. The zero-order chi connectivity index (χ0) is 13.9. The minimum atomic E-state index is -3.49. The van der Waals surface area contributed by atoms with Gasteiger partial charge >= 0.3 is 0 Å². The zero-order valence-electron chi connectivity index (χ0n) is 10.5. The Balaban J connectivity index is 2.13. The van der Waals surface area contributed by atoms with Crippen molar-refractivity contribution in [3.63, 3.8) is 0 Å². The van der Waals surface area contributed by atoms with Crippen LogP contribution in [0.25, 0.3) is 10.1 Å². The summed E-state index contributed by atoms with van der Waals surface area (Å²) in [7, 11) is -3.49. The second kappa shape index (κ2) is 5.81. The van der Waals surface area contributed by atoms with Gasteiger partial charge in [0.15, 0.2) is 0 Å². The molecule has 0 atom stereocenters. The molecule has 0 aliphatic carbocycles. The summed E-state index contributed by atoms with van der Waals surface area (Å²) in [5, 5.41) is 2.39. The Morgan fingerprint density at radius 1 is 1.32 bits per heavy atom. The van der Waals surface area contributed by atoms with Crippen LogP contribution in [0.1, 0.15) is 19.8 Å². The number of hydrogen-bond donors (Lipinski definition) is 1. The molecule has 4 nitrogen and oxygen atoms in total. The number of fused-ring (bicyclic) bond motifs is 1. The monoisotopic (exact) mass is 297 g/mol. The Hall–Kier alpha value is -1.24. The minimum absolute atomic E-state index is 0.0696. The first-order chi connectivity index (χ1) is 9.00. The Morgan fingerprint density at radius 2 is 2.05 bits per heavy atom. The fourth-order valence-corrected chi connectivity index (χ4v) is 4.36. The van der Waals surface area contributed by atoms with E-state index in [0.717, 1.165) is 10.1 Å². The van der Waals surface area contributed by atoms with Crippen LogP contribution in [0.4, 0.5) is 0 Å². The average Bonchev–Trinajstić information content (AvgIpc) is 2.79. The smallest absolute Gasteiger partial charge is 0.242 e. The molecule has 0 radical (unpaired) electrons. The van der Waals surface area contributed by atoms with E-state index < -0.39 is 10.0 Å². The van der Waals surface area contributed by atoms with Crippen LogP contribution in [0.3, 0.4) is 0 Å². The third kappa shape index (κ3) is 3.40. The van der Waals surface area contributed by atoms with Crippen LogP contribution >= 0.6 is 11.3 Å². The molecule has 2 aromatic rings. The van der Waals surface area contributed by atoms with Crippen LogP contribution in [0.2, 0.25) is 0 Å². The van der Waals surface area contributed by atoms with Crippen LogP contribution in [0.5, 0.6) is 0 Å². The Kier molecular flexibility index (Phi) is 4.34. The molecule has 1 N–H and O–H groups in total. The molecular formula is C13H15NO3S2. The van der Waals surface area contributed by atoms with Crippen LogP contribution in [-0.2, 0) is 14.8 Å². The average molecular weight is 297 g/mol. The van der Waals surface area contributed by atoms with Crippen LogP contribution in [0.15, 0.2) is 34.5 Å². The van der Waals surface area contributed by atoms with Gasteiger partial charge < -0.3 is 4.79 Å². The van der Waals surface area contributed by atoms with Gasteiger partial charge in [-0.1, -0.05) is 18.2 Å². The lowest BCUT2D eigenvalue weighted by Gasteiger charge is -2.05. The second-order valence-corrected chi connectivity index (χ2v) is 6.95. The van der Waals surface area contributed by atoms with Crippen molar-refractivity contribution in [2.24, 2.45) is 0 Å². The number of thiophene rings is 1. The summed E-state index contributed by atoms with van der Waals surface area (Å²) in [5.41, 5.74) is 0. The molecule has 0 amide bonds. The van der Waals surface area contributed by atoms with Crippen molar-refractivity contribution in [2.45, 2.75) is 24.7 Å². The van der Waals surface area contributed by atoms with Crippen molar-refractivity contribution in [1.82, 2.24) is 4.72 Å². The van der Waals surface area contributed by atoms with Gasteiger partial charge in [0, 0.05) is 28.4 Å². The maximum atomic E-state index is 12.2. The highest BCUT2D eigenvalue weighted by atomic mass is 32.2.